The predicted molar refractivity (Wildman–Crippen MR) is 125 cm³/mol. The number of rotatable bonds is 8. The van der Waals surface area contributed by atoms with Gasteiger partial charge in [-0.1, -0.05) is 0 Å². The molecule has 1 saturated heterocycles. The highest BCUT2D eigenvalue weighted by Crippen LogP contribution is 2.32. The van der Waals surface area contributed by atoms with Crippen LogP contribution < -0.4 is 15.8 Å². The highest BCUT2D eigenvalue weighted by Gasteiger charge is 2.36. The standard InChI is InChI=1S/C20H23F2IN4O4S/c1-26(2)32(29,30)27-7-3-4-14(27)11-31-18-9-12(21)8-17(19(18)20(24)28)25-16-6-5-13(23)10-15(16)22/h5-6,8-10,14,25H,3-4,7,11H2,1-2H3,(H2,24,28)/t14-/m0/s1. The van der Waals surface area contributed by atoms with E-state index in [0.29, 0.717) is 23.0 Å². The first-order chi connectivity index (χ1) is 15.0. The second kappa shape index (κ2) is 9.85. The summed E-state index contributed by atoms with van der Waals surface area (Å²) in [4.78, 5) is 12.2. The van der Waals surface area contributed by atoms with Gasteiger partial charge in [0.2, 0.25) is 0 Å². The molecule has 12 heteroatoms. The van der Waals surface area contributed by atoms with E-state index in [2.05, 4.69) is 5.32 Å². The van der Waals surface area contributed by atoms with E-state index in [4.69, 9.17) is 10.5 Å². The number of carbonyl (C=O) groups excluding carboxylic acids is 1. The molecule has 0 aromatic heterocycles. The van der Waals surface area contributed by atoms with Gasteiger partial charge in [0.15, 0.2) is 0 Å². The van der Waals surface area contributed by atoms with Crippen molar-refractivity contribution in [1.29, 1.82) is 0 Å². The Balaban J connectivity index is 1.89. The van der Waals surface area contributed by atoms with Crippen molar-refractivity contribution in [3.63, 3.8) is 0 Å². The Morgan fingerprint density at radius 2 is 2.00 bits per heavy atom. The summed E-state index contributed by atoms with van der Waals surface area (Å²) in [6.45, 7) is 0.230. The molecule has 1 heterocycles. The first-order valence-corrected chi connectivity index (χ1v) is 12.2. The number of nitrogens with one attached hydrogen (secondary N) is 1. The third-order valence-electron chi connectivity index (χ3n) is 5.03. The van der Waals surface area contributed by atoms with Crippen molar-refractivity contribution in [2.75, 3.05) is 32.6 Å². The fourth-order valence-corrected chi connectivity index (χ4v) is 5.24. The first kappa shape index (κ1) is 24.6. The Labute approximate surface area is 199 Å². The molecule has 32 heavy (non-hydrogen) atoms. The van der Waals surface area contributed by atoms with Crippen molar-refractivity contribution in [3.05, 3.63) is 51.1 Å². The summed E-state index contributed by atoms with van der Waals surface area (Å²) in [5.74, 6) is -2.38. The molecule has 0 spiro atoms. The molecule has 0 unspecified atom stereocenters. The smallest absolute Gasteiger partial charge is 0.281 e. The molecule has 0 saturated carbocycles. The number of ether oxygens (including phenoxy) is 1. The maximum absolute atomic E-state index is 14.3. The highest BCUT2D eigenvalue weighted by molar-refractivity contribution is 14.1. The molecule has 1 fully saturated rings. The summed E-state index contributed by atoms with van der Waals surface area (Å²) in [5.41, 5.74) is 5.32. The minimum Gasteiger partial charge on any atom is -0.491 e. The van der Waals surface area contributed by atoms with Gasteiger partial charge < -0.3 is 15.8 Å². The van der Waals surface area contributed by atoms with Gasteiger partial charge in [-0.05, 0) is 59.7 Å². The van der Waals surface area contributed by atoms with Crippen LogP contribution in [0.2, 0.25) is 0 Å². The van der Waals surface area contributed by atoms with Crippen molar-refractivity contribution in [1.82, 2.24) is 8.61 Å². The third kappa shape index (κ3) is 5.30. The van der Waals surface area contributed by atoms with Crippen molar-refractivity contribution in [3.8, 4) is 5.75 Å². The maximum atomic E-state index is 14.3. The largest absolute Gasteiger partial charge is 0.491 e. The second-order valence-electron chi connectivity index (χ2n) is 7.45. The molecular formula is C20H23F2IN4O4S. The molecule has 1 aliphatic rings. The Bertz CT molecular complexity index is 1130. The fraction of sp³-hybridized carbons (Fsp3) is 0.350. The molecule has 0 radical (unpaired) electrons. The molecule has 1 atom stereocenters. The third-order valence-corrected chi connectivity index (χ3v) is 7.69. The quantitative estimate of drug-likeness (QED) is 0.468. The summed E-state index contributed by atoms with van der Waals surface area (Å²) in [5, 5.41) is 2.69. The van der Waals surface area contributed by atoms with E-state index in [-0.39, 0.29) is 29.3 Å². The maximum Gasteiger partial charge on any atom is 0.281 e. The highest BCUT2D eigenvalue weighted by atomic mass is 127. The van der Waals surface area contributed by atoms with Crippen molar-refractivity contribution in [2.45, 2.75) is 18.9 Å². The van der Waals surface area contributed by atoms with Crippen LogP contribution in [0, 0.1) is 15.2 Å². The number of nitrogens with zero attached hydrogens (tertiary/aromatic N) is 2. The van der Waals surface area contributed by atoms with Gasteiger partial charge in [0.25, 0.3) is 16.1 Å². The summed E-state index contributed by atoms with van der Waals surface area (Å²) >= 11 is 1.95. The molecule has 0 bridgehead atoms. The predicted octanol–water partition coefficient (Wildman–Crippen LogP) is 3.06. The van der Waals surface area contributed by atoms with E-state index in [1.165, 1.54) is 30.5 Å². The zero-order valence-corrected chi connectivity index (χ0v) is 20.4. The number of hydrogen-bond acceptors (Lipinski definition) is 5. The van der Waals surface area contributed by atoms with Crippen LogP contribution in [0.25, 0.3) is 0 Å². The van der Waals surface area contributed by atoms with Crippen LogP contribution in [0.5, 0.6) is 5.75 Å². The molecule has 174 valence electrons. The van der Waals surface area contributed by atoms with Gasteiger partial charge in [-0.25, -0.2) is 8.78 Å². The topological polar surface area (TPSA) is 105 Å². The van der Waals surface area contributed by atoms with Crippen LogP contribution in [0.15, 0.2) is 30.3 Å². The number of anilines is 2. The number of hydrogen-bond donors (Lipinski definition) is 2. The minimum atomic E-state index is -3.66. The van der Waals surface area contributed by atoms with E-state index in [1.807, 2.05) is 22.6 Å². The van der Waals surface area contributed by atoms with Crippen LogP contribution >= 0.6 is 22.6 Å². The van der Waals surface area contributed by atoms with Crippen molar-refractivity contribution >= 4 is 50.1 Å². The lowest BCUT2D eigenvalue weighted by molar-refractivity contribution is 0.0995. The number of carbonyl (C=O) groups is 1. The summed E-state index contributed by atoms with van der Waals surface area (Å²) in [6.07, 6.45) is 1.19. The zero-order valence-electron chi connectivity index (χ0n) is 17.4. The lowest BCUT2D eigenvalue weighted by atomic mass is 10.1. The summed E-state index contributed by atoms with van der Waals surface area (Å²) in [7, 11) is -0.785. The monoisotopic (exact) mass is 580 g/mol. The number of benzene rings is 2. The molecule has 2 aromatic rings. The summed E-state index contributed by atoms with van der Waals surface area (Å²) < 4.78 is 62.4. The lowest BCUT2D eigenvalue weighted by Crippen LogP contribution is -2.45. The average molecular weight is 580 g/mol. The number of nitrogens with two attached hydrogens (primary N) is 1. The SMILES string of the molecule is CN(C)S(=O)(=O)N1CCC[C@H]1COc1cc(F)cc(Nc2ccc(I)cc2F)c1C(N)=O. The van der Waals surface area contributed by atoms with E-state index < -0.39 is 33.8 Å². The Morgan fingerprint density at radius 3 is 2.62 bits per heavy atom. The van der Waals surface area contributed by atoms with Crippen LogP contribution in [0.4, 0.5) is 20.2 Å². The zero-order chi connectivity index (χ0) is 23.6. The van der Waals surface area contributed by atoms with Gasteiger partial charge in [-0.2, -0.15) is 17.0 Å². The molecule has 3 N–H and O–H groups in total. The van der Waals surface area contributed by atoms with Gasteiger partial charge in [-0.15, -0.1) is 0 Å². The number of halogens is 3. The van der Waals surface area contributed by atoms with Gasteiger partial charge in [0, 0.05) is 30.3 Å². The minimum absolute atomic E-state index is 0.0310. The van der Waals surface area contributed by atoms with E-state index in [0.717, 1.165) is 16.4 Å². The summed E-state index contributed by atoms with van der Waals surface area (Å²) in [6, 6.07) is 5.90. The first-order valence-electron chi connectivity index (χ1n) is 9.68. The number of primary amides is 1. The lowest BCUT2D eigenvalue weighted by Gasteiger charge is -2.27. The van der Waals surface area contributed by atoms with Gasteiger partial charge in [-0.3, -0.25) is 4.79 Å². The Kier molecular flexibility index (Phi) is 7.57. The Morgan fingerprint density at radius 1 is 1.28 bits per heavy atom. The van der Waals surface area contributed by atoms with Crippen molar-refractivity contribution in [2.24, 2.45) is 5.73 Å². The van der Waals surface area contributed by atoms with Crippen LogP contribution in [-0.2, 0) is 10.2 Å². The fourth-order valence-electron chi connectivity index (χ4n) is 3.46. The Hall–Kier alpha value is -2.03. The van der Waals surface area contributed by atoms with Gasteiger partial charge >= 0.3 is 0 Å². The molecule has 8 nitrogen and oxygen atoms in total. The van der Waals surface area contributed by atoms with Crippen LogP contribution in [0.1, 0.15) is 23.2 Å². The van der Waals surface area contributed by atoms with Crippen LogP contribution in [0.3, 0.4) is 0 Å². The van der Waals surface area contributed by atoms with Crippen molar-refractivity contribution < 1.29 is 26.7 Å². The van der Waals surface area contributed by atoms with Gasteiger partial charge in [0.1, 0.15) is 29.6 Å². The van der Waals surface area contributed by atoms with E-state index in [9.17, 15) is 22.0 Å². The molecule has 0 aliphatic carbocycles. The molecular weight excluding hydrogens is 557 g/mol. The molecule has 1 aliphatic heterocycles. The molecule has 2 aromatic carbocycles. The van der Waals surface area contributed by atoms with Gasteiger partial charge in [0.05, 0.1) is 17.4 Å². The van der Waals surface area contributed by atoms with E-state index >= 15 is 0 Å². The molecule has 1 amide bonds. The number of amides is 1. The molecule has 3 rings (SSSR count). The second-order valence-corrected chi connectivity index (χ2v) is 10.8. The van der Waals surface area contributed by atoms with E-state index in [1.54, 1.807) is 6.07 Å². The average Bonchev–Trinajstić information content (AvgIpc) is 3.17. The van der Waals surface area contributed by atoms with Crippen LogP contribution in [-0.4, -0.2) is 56.2 Å². The normalized spacial score (nSPS) is 17.0.